The molecule has 1 atom stereocenters. The van der Waals surface area contributed by atoms with Gasteiger partial charge in [-0.25, -0.2) is 4.98 Å². The number of hydrogen-bond acceptors (Lipinski definition) is 5. The van der Waals surface area contributed by atoms with E-state index in [1.54, 1.807) is 10.9 Å². The number of aromatic nitrogens is 3. The number of nitrogens with zero attached hydrogens (tertiary/aromatic N) is 5. The van der Waals surface area contributed by atoms with Crippen molar-refractivity contribution in [2.45, 2.75) is 25.1 Å². The van der Waals surface area contributed by atoms with Crippen molar-refractivity contribution >= 4 is 11.5 Å². The second-order valence-corrected chi connectivity index (χ2v) is 6.00. The van der Waals surface area contributed by atoms with Gasteiger partial charge in [0.2, 0.25) is 0 Å². The van der Waals surface area contributed by atoms with E-state index < -0.39 is 11.9 Å². The molecular weight excluding hydrogens is 333 g/mol. The quantitative estimate of drug-likeness (QED) is 0.922. The Bertz CT molecular complexity index is 792. The molecule has 2 aromatic heterocycles. The number of hydrogen-bond donors (Lipinski definition) is 1. The van der Waals surface area contributed by atoms with Crippen LogP contribution in [0.3, 0.4) is 0 Å². The molecule has 0 amide bonds. The molecule has 25 heavy (non-hydrogen) atoms. The van der Waals surface area contributed by atoms with E-state index in [2.05, 4.69) is 20.3 Å². The van der Waals surface area contributed by atoms with Gasteiger partial charge in [-0.2, -0.15) is 23.5 Å². The maximum absolute atomic E-state index is 12.9. The molecule has 3 heterocycles. The summed E-state index contributed by atoms with van der Waals surface area (Å²) in [6, 6.07) is 3.77. The van der Waals surface area contributed by atoms with Crippen molar-refractivity contribution in [1.82, 2.24) is 14.8 Å². The van der Waals surface area contributed by atoms with Crippen molar-refractivity contribution in [2.75, 3.05) is 23.3 Å². The van der Waals surface area contributed by atoms with Gasteiger partial charge in [0.25, 0.3) is 0 Å². The van der Waals surface area contributed by atoms with Crippen molar-refractivity contribution in [2.24, 2.45) is 7.05 Å². The minimum absolute atomic E-state index is 0.0182. The van der Waals surface area contributed by atoms with E-state index in [4.69, 9.17) is 5.26 Å². The third kappa shape index (κ3) is 3.84. The predicted octanol–water partition coefficient (Wildman–Crippen LogP) is 2.79. The fraction of sp³-hybridized carbons (Fsp3) is 0.438. The molecule has 0 saturated carbocycles. The molecule has 132 valence electrons. The molecule has 0 aromatic carbocycles. The summed E-state index contributed by atoms with van der Waals surface area (Å²) in [4.78, 5) is 5.74. The van der Waals surface area contributed by atoms with Crippen LogP contribution in [0.1, 0.15) is 24.1 Å². The standard InChI is InChI=1S/C16H17F3N6/c1-24-10-13(8-21-24)25-6-2-3-12(9-25)22-15-11(7-20)4-5-14(23-15)16(17,18)19/h4-5,8,10,12H,2-3,6,9H2,1H3,(H,22,23). The van der Waals surface area contributed by atoms with Gasteiger partial charge in [-0.1, -0.05) is 0 Å². The van der Waals surface area contributed by atoms with Gasteiger partial charge in [-0.3, -0.25) is 4.68 Å². The molecule has 1 saturated heterocycles. The Labute approximate surface area is 142 Å². The van der Waals surface area contributed by atoms with E-state index in [1.807, 2.05) is 19.3 Å². The Morgan fingerprint density at radius 2 is 2.16 bits per heavy atom. The molecular formula is C16H17F3N6. The first-order valence-electron chi connectivity index (χ1n) is 7.85. The molecule has 1 unspecified atom stereocenters. The summed E-state index contributed by atoms with van der Waals surface area (Å²) in [6.45, 7) is 1.46. The maximum Gasteiger partial charge on any atom is 0.433 e. The topological polar surface area (TPSA) is 69.8 Å². The number of halogens is 3. The van der Waals surface area contributed by atoms with Crippen LogP contribution in [0.5, 0.6) is 0 Å². The molecule has 0 spiro atoms. The third-order valence-electron chi connectivity index (χ3n) is 4.12. The number of anilines is 2. The fourth-order valence-electron chi connectivity index (χ4n) is 2.91. The van der Waals surface area contributed by atoms with Crippen molar-refractivity contribution in [1.29, 1.82) is 5.26 Å². The van der Waals surface area contributed by atoms with Crippen LogP contribution in [-0.2, 0) is 13.2 Å². The minimum Gasteiger partial charge on any atom is -0.367 e. The van der Waals surface area contributed by atoms with E-state index in [1.165, 1.54) is 0 Å². The summed E-state index contributed by atoms with van der Waals surface area (Å²) in [5, 5.41) is 16.3. The van der Waals surface area contributed by atoms with E-state index in [9.17, 15) is 13.2 Å². The van der Waals surface area contributed by atoms with Crippen LogP contribution in [0.25, 0.3) is 0 Å². The Morgan fingerprint density at radius 1 is 1.36 bits per heavy atom. The molecule has 1 aliphatic rings. The summed E-state index contributed by atoms with van der Waals surface area (Å²) >= 11 is 0. The van der Waals surface area contributed by atoms with Gasteiger partial charge in [-0.15, -0.1) is 0 Å². The zero-order valence-corrected chi connectivity index (χ0v) is 13.6. The first kappa shape index (κ1) is 17.1. The number of nitriles is 1. The Kier molecular flexibility index (Phi) is 4.53. The van der Waals surface area contributed by atoms with Gasteiger partial charge in [0.05, 0.1) is 17.4 Å². The Morgan fingerprint density at radius 3 is 2.80 bits per heavy atom. The predicted molar refractivity (Wildman–Crippen MR) is 86.0 cm³/mol. The molecule has 3 rings (SSSR count). The number of nitrogens with one attached hydrogen (secondary N) is 1. The molecule has 1 N–H and O–H groups in total. The molecule has 9 heteroatoms. The highest BCUT2D eigenvalue weighted by Crippen LogP contribution is 2.30. The number of pyridine rings is 1. The van der Waals surface area contributed by atoms with Crippen molar-refractivity contribution in [3.63, 3.8) is 0 Å². The average Bonchev–Trinajstić information content (AvgIpc) is 3.01. The van der Waals surface area contributed by atoms with Crippen LogP contribution in [0, 0.1) is 11.3 Å². The van der Waals surface area contributed by atoms with Crippen LogP contribution in [-0.4, -0.2) is 33.9 Å². The monoisotopic (exact) mass is 350 g/mol. The summed E-state index contributed by atoms with van der Waals surface area (Å²) in [6.07, 6.45) is 0.781. The zero-order valence-electron chi connectivity index (χ0n) is 13.6. The van der Waals surface area contributed by atoms with Crippen molar-refractivity contribution in [3.8, 4) is 6.07 Å². The van der Waals surface area contributed by atoms with E-state index in [0.29, 0.717) is 6.54 Å². The van der Waals surface area contributed by atoms with Gasteiger partial charge < -0.3 is 10.2 Å². The second kappa shape index (κ2) is 6.63. The highest BCUT2D eigenvalue weighted by molar-refractivity contribution is 5.54. The van der Waals surface area contributed by atoms with Gasteiger partial charge in [0.15, 0.2) is 0 Å². The lowest BCUT2D eigenvalue weighted by atomic mass is 10.0. The normalized spacial score (nSPS) is 18.0. The molecule has 1 aliphatic heterocycles. The van der Waals surface area contributed by atoms with Crippen LogP contribution < -0.4 is 10.2 Å². The van der Waals surface area contributed by atoms with Crippen molar-refractivity contribution in [3.05, 3.63) is 35.8 Å². The van der Waals surface area contributed by atoms with Gasteiger partial charge in [-0.05, 0) is 25.0 Å². The smallest absolute Gasteiger partial charge is 0.367 e. The summed E-state index contributed by atoms with van der Waals surface area (Å²) in [7, 11) is 1.83. The lowest BCUT2D eigenvalue weighted by Crippen LogP contribution is -2.42. The van der Waals surface area contributed by atoms with Gasteiger partial charge in [0, 0.05) is 32.4 Å². The van der Waals surface area contributed by atoms with Crippen LogP contribution in [0.15, 0.2) is 24.5 Å². The van der Waals surface area contributed by atoms with E-state index in [0.717, 1.165) is 37.2 Å². The third-order valence-corrected chi connectivity index (χ3v) is 4.12. The Balaban J connectivity index is 1.78. The number of piperidine rings is 1. The maximum atomic E-state index is 12.9. The average molecular weight is 350 g/mol. The second-order valence-electron chi connectivity index (χ2n) is 6.00. The van der Waals surface area contributed by atoms with Crippen LogP contribution in [0.2, 0.25) is 0 Å². The molecule has 2 aromatic rings. The van der Waals surface area contributed by atoms with E-state index in [-0.39, 0.29) is 17.4 Å². The fourth-order valence-corrected chi connectivity index (χ4v) is 2.91. The van der Waals surface area contributed by atoms with Crippen LogP contribution in [0.4, 0.5) is 24.7 Å². The van der Waals surface area contributed by atoms with E-state index >= 15 is 0 Å². The first-order valence-corrected chi connectivity index (χ1v) is 7.85. The minimum atomic E-state index is -4.54. The summed E-state index contributed by atoms with van der Waals surface area (Å²) in [5.41, 5.74) is 0.0620. The molecule has 0 aliphatic carbocycles. The molecule has 1 fully saturated rings. The number of alkyl halides is 3. The SMILES string of the molecule is Cn1cc(N2CCCC(Nc3nc(C(F)(F)F)ccc3C#N)C2)cn1. The zero-order chi connectivity index (χ0) is 18.0. The largest absolute Gasteiger partial charge is 0.433 e. The number of rotatable bonds is 3. The Hall–Kier alpha value is -2.76. The lowest BCUT2D eigenvalue weighted by Gasteiger charge is -2.34. The molecule has 0 bridgehead atoms. The van der Waals surface area contributed by atoms with Crippen molar-refractivity contribution < 1.29 is 13.2 Å². The highest BCUT2D eigenvalue weighted by atomic mass is 19.4. The highest BCUT2D eigenvalue weighted by Gasteiger charge is 2.33. The number of aryl methyl sites for hydroxylation is 1. The van der Waals surface area contributed by atoms with Gasteiger partial charge >= 0.3 is 6.18 Å². The summed E-state index contributed by atoms with van der Waals surface area (Å²) in [5.74, 6) is -0.0182. The van der Waals surface area contributed by atoms with Gasteiger partial charge in [0.1, 0.15) is 17.6 Å². The van der Waals surface area contributed by atoms with Crippen LogP contribution >= 0.6 is 0 Å². The summed E-state index contributed by atoms with van der Waals surface area (Å²) < 4.78 is 40.3. The lowest BCUT2D eigenvalue weighted by molar-refractivity contribution is -0.141. The molecule has 0 radical (unpaired) electrons. The first-order chi connectivity index (χ1) is 11.9. The molecule has 6 nitrogen and oxygen atoms in total.